The van der Waals surface area contributed by atoms with Crippen molar-refractivity contribution in [3.8, 4) is 0 Å². The van der Waals surface area contributed by atoms with Gasteiger partial charge in [0.15, 0.2) is 0 Å². The van der Waals surface area contributed by atoms with Gasteiger partial charge in [-0.15, -0.1) is 0 Å². The smallest absolute Gasteiger partial charge is 0.381 e. The van der Waals surface area contributed by atoms with Crippen molar-refractivity contribution in [2.75, 3.05) is 7.11 Å². The lowest BCUT2D eigenvalue weighted by Gasteiger charge is -2.51. The van der Waals surface area contributed by atoms with Gasteiger partial charge >= 0.3 is 6.18 Å². The Bertz CT molecular complexity index is 513. The van der Waals surface area contributed by atoms with Gasteiger partial charge in [0, 0.05) is 25.1 Å². The third-order valence-corrected chi connectivity index (χ3v) is 4.30. The summed E-state index contributed by atoms with van der Waals surface area (Å²) in [5.41, 5.74) is -0.754. The van der Waals surface area contributed by atoms with E-state index in [1.807, 2.05) is 13.8 Å². The molecule has 1 aliphatic carbocycles. The lowest BCUT2D eigenvalue weighted by Crippen LogP contribution is -2.60. The molecule has 118 valence electrons. The van der Waals surface area contributed by atoms with Crippen LogP contribution in [0.4, 0.5) is 17.6 Å². The molecule has 1 N–H and O–H groups in total. The second-order valence-electron chi connectivity index (χ2n) is 6.06. The molecule has 1 aromatic carbocycles. The molecule has 2 nitrogen and oxygen atoms in total. The molecule has 1 saturated carbocycles. The molecule has 0 spiro atoms. The molecule has 0 saturated heterocycles. The van der Waals surface area contributed by atoms with Crippen LogP contribution in [0.2, 0.25) is 0 Å². The summed E-state index contributed by atoms with van der Waals surface area (Å²) in [6, 6.07) is 2.76. The van der Waals surface area contributed by atoms with Crippen molar-refractivity contribution in [1.82, 2.24) is 5.32 Å². The number of hydrogen-bond acceptors (Lipinski definition) is 2. The summed E-state index contributed by atoms with van der Waals surface area (Å²) < 4.78 is 56.5. The minimum absolute atomic E-state index is 0.0884. The van der Waals surface area contributed by atoms with Crippen LogP contribution in [0.3, 0.4) is 0 Å². The molecular formula is C15H19F4NO. The number of ether oxygens (including phenoxy) is 1. The van der Waals surface area contributed by atoms with Crippen molar-refractivity contribution in [3.63, 3.8) is 0 Å². The number of hydrogen-bond donors (Lipinski definition) is 1. The molecule has 6 heteroatoms. The Morgan fingerprint density at radius 2 is 1.95 bits per heavy atom. The van der Waals surface area contributed by atoms with Crippen molar-refractivity contribution in [2.24, 2.45) is 5.41 Å². The molecule has 1 aromatic rings. The number of methoxy groups -OCH3 is 1. The third-order valence-electron chi connectivity index (χ3n) is 4.30. The zero-order valence-corrected chi connectivity index (χ0v) is 12.2. The van der Waals surface area contributed by atoms with Crippen LogP contribution in [0, 0.1) is 11.2 Å². The molecule has 0 radical (unpaired) electrons. The maximum absolute atomic E-state index is 13.3. The highest BCUT2D eigenvalue weighted by molar-refractivity contribution is 5.27. The molecule has 21 heavy (non-hydrogen) atoms. The number of nitrogens with one attached hydrogen (secondary N) is 1. The predicted octanol–water partition coefficient (Wildman–Crippen LogP) is 3.75. The van der Waals surface area contributed by atoms with Crippen molar-refractivity contribution >= 4 is 0 Å². The van der Waals surface area contributed by atoms with Crippen LogP contribution < -0.4 is 5.32 Å². The van der Waals surface area contributed by atoms with Crippen molar-refractivity contribution in [1.29, 1.82) is 0 Å². The van der Waals surface area contributed by atoms with E-state index in [0.717, 1.165) is 18.6 Å². The van der Waals surface area contributed by atoms with Crippen molar-refractivity contribution in [3.05, 3.63) is 35.1 Å². The largest absolute Gasteiger partial charge is 0.416 e. The minimum atomic E-state index is -4.53. The molecule has 2 rings (SSSR count). The van der Waals surface area contributed by atoms with Gasteiger partial charge in [-0.05, 0) is 30.2 Å². The van der Waals surface area contributed by atoms with Crippen LogP contribution >= 0.6 is 0 Å². The van der Waals surface area contributed by atoms with E-state index in [0.29, 0.717) is 11.6 Å². The van der Waals surface area contributed by atoms with E-state index >= 15 is 0 Å². The first-order chi connectivity index (χ1) is 9.64. The second kappa shape index (κ2) is 5.57. The van der Waals surface area contributed by atoms with E-state index in [-0.39, 0.29) is 24.1 Å². The first-order valence-electron chi connectivity index (χ1n) is 6.77. The highest BCUT2D eigenvalue weighted by Crippen LogP contribution is 2.42. The predicted molar refractivity (Wildman–Crippen MR) is 71.2 cm³/mol. The van der Waals surface area contributed by atoms with E-state index < -0.39 is 17.6 Å². The first kappa shape index (κ1) is 16.2. The average molecular weight is 305 g/mol. The van der Waals surface area contributed by atoms with Crippen LogP contribution in [0.15, 0.2) is 18.2 Å². The molecule has 0 aliphatic heterocycles. The zero-order chi connectivity index (χ0) is 15.8. The normalized spacial score (nSPS) is 24.7. The highest BCUT2D eigenvalue weighted by atomic mass is 19.4. The summed E-state index contributed by atoms with van der Waals surface area (Å²) in [6.45, 7) is 4.27. The summed E-state index contributed by atoms with van der Waals surface area (Å²) in [7, 11) is 1.64. The molecule has 2 atom stereocenters. The molecule has 2 unspecified atom stereocenters. The number of alkyl halides is 3. The molecule has 0 heterocycles. The maximum atomic E-state index is 13.3. The average Bonchev–Trinajstić information content (AvgIpc) is 2.36. The van der Waals surface area contributed by atoms with Crippen molar-refractivity contribution < 1.29 is 22.3 Å². The van der Waals surface area contributed by atoms with Gasteiger partial charge in [-0.2, -0.15) is 13.2 Å². The Kier molecular flexibility index (Phi) is 4.31. The number of benzene rings is 1. The molecule has 0 amide bonds. The Morgan fingerprint density at radius 3 is 2.48 bits per heavy atom. The summed E-state index contributed by atoms with van der Waals surface area (Å²) in [4.78, 5) is 0. The molecule has 0 bridgehead atoms. The SMILES string of the molecule is COC1CC(NCc2cc(F)cc(C(F)(F)F)c2)C1(C)C. The summed E-state index contributed by atoms with van der Waals surface area (Å²) >= 11 is 0. The molecule has 1 aliphatic rings. The summed E-state index contributed by atoms with van der Waals surface area (Å²) in [5, 5.41) is 3.18. The van der Waals surface area contributed by atoms with Gasteiger partial charge < -0.3 is 10.1 Å². The number of rotatable bonds is 4. The lowest BCUT2D eigenvalue weighted by atomic mass is 9.64. The maximum Gasteiger partial charge on any atom is 0.416 e. The summed E-state index contributed by atoms with van der Waals surface area (Å²) in [5.74, 6) is -0.871. The Labute approximate surface area is 121 Å². The van der Waals surface area contributed by atoms with Gasteiger partial charge in [-0.1, -0.05) is 13.8 Å². The Morgan fingerprint density at radius 1 is 1.29 bits per heavy atom. The van der Waals surface area contributed by atoms with Crippen LogP contribution in [0.25, 0.3) is 0 Å². The fraction of sp³-hybridized carbons (Fsp3) is 0.600. The van der Waals surface area contributed by atoms with Gasteiger partial charge in [-0.3, -0.25) is 0 Å². The standard InChI is InChI=1S/C15H19F4NO/c1-14(2)12(7-13(14)21-3)20-8-9-4-10(15(17,18)19)6-11(16)5-9/h4-6,12-13,20H,7-8H2,1-3H3. The van der Waals surface area contributed by atoms with E-state index in [1.165, 1.54) is 0 Å². The van der Waals surface area contributed by atoms with E-state index in [1.54, 1.807) is 7.11 Å². The minimum Gasteiger partial charge on any atom is -0.381 e. The fourth-order valence-electron chi connectivity index (χ4n) is 2.79. The van der Waals surface area contributed by atoms with Crippen LogP contribution in [0.1, 0.15) is 31.4 Å². The van der Waals surface area contributed by atoms with E-state index in [2.05, 4.69) is 5.32 Å². The summed E-state index contributed by atoms with van der Waals surface area (Å²) in [6.07, 6.45) is -3.60. The first-order valence-corrected chi connectivity index (χ1v) is 6.77. The van der Waals surface area contributed by atoms with Gasteiger partial charge in [0.1, 0.15) is 5.82 Å². The van der Waals surface area contributed by atoms with Gasteiger partial charge in [-0.25, -0.2) is 4.39 Å². The van der Waals surface area contributed by atoms with Crippen LogP contribution in [-0.4, -0.2) is 19.3 Å². The number of halogens is 4. The molecule has 1 fully saturated rings. The Hall–Kier alpha value is -1.14. The Balaban J connectivity index is 2.03. The van der Waals surface area contributed by atoms with Gasteiger partial charge in [0.05, 0.1) is 11.7 Å². The van der Waals surface area contributed by atoms with Gasteiger partial charge in [0.25, 0.3) is 0 Å². The highest BCUT2D eigenvalue weighted by Gasteiger charge is 2.48. The van der Waals surface area contributed by atoms with E-state index in [9.17, 15) is 17.6 Å². The third kappa shape index (κ3) is 3.37. The zero-order valence-electron chi connectivity index (χ0n) is 12.2. The van der Waals surface area contributed by atoms with E-state index in [4.69, 9.17) is 4.74 Å². The van der Waals surface area contributed by atoms with Crippen LogP contribution in [-0.2, 0) is 17.5 Å². The second-order valence-corrected chi connectivity index (χ2v) is 6.06. The lowest BCUT2D eigenvalue weighted by molar-refractivity contribution is -0.137. The molecular weight excluding hydrogens is 286 g/mol. The molecule has 0 aromatic heterocycles. The quantitative estimate of drug-likeness (QED) is 0.856. The van der Waals surface area contributed by atoms with Crippen molar-refractivity contribution in [2.45, 2.75) is 45.1 Å². The van der Waals surface area contributed by atoms with Crippen LogP contribution in [0.5, 0.6) is 0 Å². The monoisotopic (exact) mass is 305 g/mol. The topological polar surface area (TPSA) is 21.3 Å². The van der Waals surface area contributed by atoms with Gasteiger partial charge in [0.2, 0.25) is 0 Å². The fourth-order valence-corrected chi connectivity index (χ4v) is 2.79.